The van der Waals surface area contributed by atoms with Gasteiger partial charge in [0.2, 0.25) is 4.34 Å². The fraction of sp³-hybridized carbons (Fsp3) is 0.250. The predicted molar refractivity (Wildman–Crippen MR) is 76.7 cm³/mol. The van der Waals surface area contributed by atoms with E-state index >= 15 is 0 Å². The second kappa shape index (κ2) is 6.52. The number of benzene rings is 1. The predicted octanol–water partition coefficient (Wildman–Crippen LogP) is 1.98. The Bertz CT molecular complexity index is 699. The zero-order chi connectivity index (χ0) is 14.5. The molecule has 19 heavy (non-hydrogen) atoms. The van der Waals surface area contributed by atoms with Crippen LogP contribution in [0.2, 0.25) is 0 Å². The lowest BCUT2D eigenvalue weighted by Crippen LogP contribution is -2.11. The van der Waals surface area contributed by atoms with Gasteiger partial charge in [-0.3, -0.25) is 0 Å². The maximum atomic E-state index is 11.1. The van der Waals surface area contributed by atoms with E-state index in [9.17, 15) is 8.42 Å². The van der Waals surface area contributed by atoms with Crippen LogP contribution in [0.5, 0.6) is 5.75 Å². The molecule has 0 fully saturated rings. The molecule has 0 amide bonds. The zero-order valence-electron chi connectivity index (χ0n) is 10.6. The third-order valence-corrected chi connectivity index (χ3v) is 4.24. The molecule has 102 valence electrons. The quantitative estimate of drug-likeness (QED) is 0.878. The van der Waals surface area contributed by atoms with Crippen molar-refractivity contribution < 1.29 is 13.2 Å². The number of terminal acetylenes is 1. The van der Waals surface area contributed by atoms with Gasteiger partial charge in [0.15, 0.2) is 0 Å². The first-order chi connectivity index (χ1) is 9.00. The molecule has 2 rings (SSSR count). The van der Waals surface area contributed by atoms with Crippen LogP contribution in [0.4, 0.5) is 0 Å². The average Bonchev–Trinajstić information content (AvgIpc) is 2.81. The van der Waals surface area contributed by atoms with Crippen molar-refractivity contribution in [2.24, 2.45) is 5.14 Å². The molecule has 1 aromatic heterocycles. The van der Waals surface area contributed by atoms with Gasteiger partial charge >= 0.3 is 0 Å². The van der Waals surface area contributed by atoms with E-state index in [1.54, 1.807) is 18.2 Å². The number of nitrogens with two attached hydrogens (primary N) is 1. The SMILES string of the molecule is C#CCOc1ccc2nc(S(N)(=O)=O)sc2c1.CC. The molecule has 0 unspecified atom stereocenters. The summed E-state index contributed by atoms with van der Waals surface area (Å²) in [5.41, 5.74) is 0.562. The van der Waals surface area contributed by atoms with E-state index < -0.39 is 10.0 Å². The molecule has 0 spiro atoms. The lowest BCUT2D eigenvalue weighted by Gasteiger charge is -2.00. The minimum Gasteiger partial charge on any atom is -0.481 e. The molecule has 5 nitrogen and oxygen atoms in total. The van der Waals surface area contributed by atoms with Crippen LogP contribution in [-0.4, -0.2) is 20.0 Å². The van der Waals surface area contributed by atoms with Gasteiger partial charge in [-0.05, 0) is 18.2 Å². The molecule has 0 radical (unpaired) electrons. The van der Waals surface area contributed by atoms with Crippen molar-refractivity contribution in [2.45, 2.75) is 18.2 Å². The van der Waals surface area contributed by atoms with Crippen LogP contribution in [0.1, 0.15) is 13.8 Å². The number of aromatic nitrogens is 1. The number of hydrogen-bond donors (Lipinski definition) is 1. The lowest BCUT2D eigenvalue weighted by molar-refractivity contribution is 0.371. The summed E-state index contributed by atoms with van der Waals surface area (Å²) in [4.78, 5) is 3.92. The first-order valence-electron chi connectivity index (χ1n) is 5.50. The van der Waals surface area contributed by atoms with Gasteiger partial charge in [0, 0.05) is 0 Å². The van der Waals surface area contributed by atoms with Crippen molar-refractivity contribution in [3.05, 3.63) is 18.2 Å². The highest BCUT2D eigenvalue weighted by Gasteiger charge is 2.14. The summed E-state index contributed by atoms with van der Waals surface area (Å²) in [5.74, 6) is 2.91. The smallest absolute Gasteiger partial charge is 0.265 e. The van der Waals surface area contributed by atoms with Gasteiger partial charge in [-0.25, -0.2) is 18.5 Å². The fourth-order valence-corrected chi connectivity index (χ4v) is 2.91. The third-order valence-electron chi connectivity index (χ3n) is 1.91. The van der Waals surface area contributed by atoms with Gasteiger partial charge < -0.3 is 4.74 Å². The topological polar surface area (TPSA) is 82.3 Å². The van der Waals surface area contributed by atoms with Crippen molar-refractivity contribution in [1.82, 2.24) is 4.98 Å². The van der Waals surface area contributed by atoms with E-state index in [0.717, 1.165) is 11.3 Å². The number of hydrogen-bond acceptors (Lipinski definition) is 5. The van der Waals surface area contributed by atoms with Gasteiger partial charge in [0.1, 0.15) is 12.4 Å². The molecule has 1 heterocycles. The number of sulfonamides is 1. The van der Waals surface area contributed by atoms with Crippen molar-refractivity contribution >= 4 is 31.6 Å². The normalized spacial score (nSPS) is 10.4. The molecule has 0 atom stereocenters. The van der Waals surface area contributed by atoms with Gasteiger partial charge in [-0.15, -0.1) is 17.8 Å². The van der Waals surface area contributed by atoms with E-state index in [2.05, 4.69) is 10.9 Å². The summed E-state index contributed by atoms with van der Waals surface area (Å²) in [7, 11) is -3.76. The molecule has 1 aromatic carbocycles. The third kappa shape index (κ3) is 3.92. The molecule has 0 aliphatic heterocycles. The Morgan fingerprint density at radius 2 is 2.16 bits per heavy atom. The molecule has 2 aromatic rings. The van der Waals surface area contributed by atoms with E-state index in [4.69, 9.17) is 16.3 Å². The lowest BCUT2D eigenvalue weighted by atomic mass is 10.3. The first kappa shape index (κ1) is 15.4. The molecule has 2 N–H and O–H groups in total. The Morgan fingerprint density at radius 1 is 1.47 bits per heavy atom. The average molecular weight is 298 g/mol. The summed E-state index contributed by atoms with van der Waals surface area (Å²) in [5, 5.41) is 5.00. The largest absolute Gasteiger partial charge is 0.481 e. The van der Waals surface area contributed by atoms with Gasteiger partial charge in [-0.1, -0.05) is 19.8 Å². The molecule has 0 aliphatic rings. The summed E-state index contributed by atoms with van der Waals surface area (Å²) >= 11 is 0.996. The molecule has 0 saturated heterocycles. The summed E-state index contributed by atoms with van der Waals surface area (Å²) < 4.78 is 28.0. The maximum Gasteiger partial charge on any atom is 0.265 e. The van der Waals surface area contributed by atoms with Crippen LogP contribution < -0.4 is 9.88 Å². The van der Waals surface area contributed by atoms with Crippen LogP contribution in [0.25, 0.3) is 10.2 Å². The van der Waals surface area contributed by atoms with Crippen molar-refractivity contribution in [3.8, 4) is 18.1 Å². The van der Waals surface area contributed by atoms with Crippen LogP contribution in [0.15, 0.2) is 22.5 Å². The number of fused-ring (bicyclic) bond motifs is 1. The van der Waals surface area contributed by atoms with Crippen molar-refractivity contribution in [3.63, 3.8) is 0 Å². The summed E-state index contributed by atoms with van der Waals surface area (Å²) in [6, 6.07) is 5.01. The van der Waals surface area contributed by atoms with E-state index in [1.165, 1.54) is 0 Å². The minimum atomic E-state index is -3.76. The van der Waals surface area contributed by atoms with E-state index in [-0.39, 0.29) is 10.9 Å². The number of primary sulfonamides is 1. The van der Waals surface area contributed by atoms with Gasteiger partial charge in [0.25, 0.3) is 10.0 Å². The Hall–Kier alpha value is -1.62. The van der Waals surface area contributed by atoms with Crippen molar-refractivity contribution in [1.29, 1.82) is 0 Å². The summed E-state index contributed by atoms with van der Waals surface area (Å²) in [6.07, 6.45) is 5.07. The van der Waals surface area contributed by atoms with Crippen molar-refractivity contribution in [2.75, 3.05) is 6.61 Å². The molecular formula is C12H14N2O3S2. The number of thiazole rings is 1. The van der Waals surface area contributed by atoms with Crippen LogP contribution >= 0.6 is 11.3 Å². The monoisotopic (exact) mass is 298 g/mol. The van der Waals surface area contributed by atoms with Crippen LogP contribution in [0, 0.1) is 12.3 Å². The molecular weight excluding hydrogens is 284 g/mol. The zero-order valence-corrected chi connectivity index (χ0v) is 12.2. The Balaban J connectivity index is 0.000000861. The number of ether oxygens (including phenoxy) is 1. The fourth-order valence-electron chi connectivity index (χ4n) is 1.22. The van der Waals surface area contributed by atoms with Crippen LogP contribution in [-0.2, 0) is 10.0 Å². The Labute approximate surface area is 116 Å². The second-order valence-corrected chi connectivity index (χ2v) is 5.91. The Kier molecular flexibility index (Phi) is 5.30. The first-order valence-corrected chi connectivity index (χ1v) is 7.86. The second-order valence-electron chi connectivity index (χ2n) is 3.15. The molecule has 0 saturated carbocycles. The number of nitrogens with zero attached hydrogens (tertiary/aromatic N) is 1. The van der Waals surface area contributed by atoms with E-state index in [1.807, 2.05) is 13.8 Å². The Morgan fingerprint density at radius 3 is 2.74 bits per heavy atom. The standard InChI is InChI=1S/C10H8N2O3S2.C2H6/c1-2-5-15-7-3-4-8-9(6-7)16-10(12-8)17(11,13)14;1-2/h1,3-4,6H,5H2,(H2,11,13,14);1-2H3. The molecule has 7 heteroatoms. The minimum absolute atomic E-state index is 0.110. The maximum absolute atomic E-state index is 11.1. The highest BCUT2D eigenvalue weighted by atomic mass is 32.2. The molecule has 0 bridgehead atoms. The molecule has 0 aliphatic carbocycles. The van der Waals surface area contributed by atoms with Gasteiger partial charge in [-0.2, -0.15) is 0 Å². The van der Waals surface area contributed by atoms with E-state index in [0.29, 0.717) is 16.0 Å². The van der Waals surface area contributed by atoms with Crippen LogP contribution in [0.3, 0.4) is 0 Å². The number of rotatable bonds is 3. The highest BCUT2D eigenvalue weighted by molar-refractivity contribution is 7.91. The van der Waals surface area contributed by atoms with Gasteiger partial charge in [0.05, 0.1) is 10.2 Å². The summed E-state index contributed by atoms with van der Waals surface area (Å²) in [6.45, 7) is 4.16. The highest BCUT2D eigenvalue weighted by Crippen LogP contribution is 2.28.